The Bertz CT molecular complexity index is 1370. The van der Waals surface area contributed by atoms with Gasteiger partial charge in [-0.3, -0.25) is 14.2 Å². The Labute approximate surface area is 203 Å². The predicted molar refractivity (Wildman–Crippen MR) is 134 cm³/mol. The summed E-state index contributed by atoms with van der Waals surface area (Å²) in [7, 11) is 1.60. The van der Waals surface area contributed by atoms with E-state index in [1.165, 1.54) is 12.1 Å². The maximum atomic E-state index is 14.6. The maximum absolute atomic E-state index is 14.6. The van der Waals surface area contributed by atoms with Crippen LogP contribution in [-0.2, 0) is 4.74 Å². The summed E-state index contributed by atoms with van der Waals surface area (Å²) in [6.45, 7) is 2.68. The summed E-state index contributed by atoms with van der Waals surface area (Å²) in [5.41, 5.74) is 0.968. The van der Waals surface area contributed by atoms with Gasteiger partial charge in [-0.15, -0.1) is 0 Å². The molecule has 0 saturated carbocycles. The third kappa shape index (κ3) is 5.00. The summed E-state index contributed by atoms with van der Waals surface area (Å²) in [4.78, 5) is 33.8. The van der Waals surface area contributed by atoms with E-state index in [0.717, 1.165) is 0 Å². The molecule has 1 atom stereocenters. The molecule has 0 aliphatic rings. The lowest BCUT2D eigenvalue weighted by molar-refractivity contribution is 0.0629. The first-order valence-electron chi connectivity index (χ1n) is 11.7. The van der Waals surface area contributed by atoms with Gasteiger partial charge in [0, 0.05) is 20.3 Å². The number of amides is 1. The molecule has 6 nitrogen and oxygen atoms in total. The monoisotopic (exact) mass is 473 g/mol. The highest BCUT2D eigenvalue weighted by molar-refractivity contribution is 5.94. The SMILES string of the molecule is CCC(c1nc2ccccc2c(=O)n1-c1ccccc1)N(CCCOC)C(=O)c1ccccc1F. The Morgan fingerprint density at radius 1 is 1.03 bits per heavy atom. The third-order valence-electron chi connectivity index (χ3n) is 5.99. The molecule has 3 aromatic carbocycles. The molecule has 1 amide bonds. The number of benzene rings is 3. The summed E-state index contributed by atoms with van der Waals surface area (Å²) in [5.74, 6) is -0.603. The smallest absolute Gasteiger partial charge is 0.266 e. The number of nitrogens with zero attached hydrogens (tertiary/aromatic N) is 3. The van der Waals surface area contributed by atoms with Gasteiger partial charge in [-0.1, -0.05) is 49.4 Å². The number of hydrogen-bond acceptors (Lipinski definition) is 4. The Kier molecular flexibility index (Phi) is 7.67. The average molecular weight is 474 g/mol. The lowest BCUT2D eigenvalue weighted by Crippen LogP contribution is -2.39. The van der Waals surface area contributed by atoms with E-state index in [-0.39, 0.29) is 11.1 Å². The highest BCUT2D eigenvalue weighted by atomic mass is 19.1. The molecule has 0 aliphatic heterocycles. The number of fused-ring (bicyclic) bond motifs is 1. The molecule has 1 unspecified atom stereocenters. The van der Waals surface area contributed by atoms with E-state index in [1.807, 2.05) is 43.3 Å². The standard InChI is InChI=1S/C28H28FN3O3/c1-3-25(31(18-11-19-35-2)27(33)21-14-7-9-16-23(21)29)26-30-24-17-10-8-15-22(24)28(34)32(26)20-12-5-4-6-13-20/h4-10,12-17,25H,3,11,18-19H2,1-2H3. The Morgan fingerprint density at radius 2 is 1.71 bits per heavy atom. The van der Waals surface area contributed by atoms with Crippen LogP contribution in [0, 0.1) is 5.82 Å². The van der Waals surface area contributed by atoms with Crippen LogP contribution in [0.2, 0.25) is 0 Å². The van der Waals surface area contributed by atoms with Gasteiger partial charge in [0.05, 0.1) is 28.2 Å². The van der Waals surface area contributed by atoms with Crippen LogP contribution >= 0.6 is 0 Å². The number of para-hydroxylation sites is 2. The van der Waals surface area contributed by atoms with E-state index >= 15 is 0 Å². The van der Waals surface area contributed by atoms with E-state index in [4.69, 9.17) is 9.72 Å². The second-order valence-corrected chi connectivity index (χ2v) is 8.21. The summed E-state index contributed by atoms with van der Waals surface area (Å²) in [6, 6.07) is 21.8. The van der Waals surface area contributed by atoms with Gasteiger partial charge < -0.3 is 9.64 Å². The number of carbonyl (C=O) groups is 1. The van der Waals surface area contributed by atoms with Crippen molar-refractivity contribution in [3.8, 4) is 5.69 Å². The minimum atomic E-state index is -0.587. The van der Waals surface area contributed by atoms with Crippen molar-refractivity contribution in [2.45, 2.75) is 25.8 Å². The largest absolute Gasteiger partial charge is 0.385 e. The van der Waals surface area contributed by atoms with Crippen LogP contribution in [0.3, 0.4) is 0 Å². The van der Waals surface area contributed by atoms with Crippen LogP contribution in [0.15, 0.2) is 83.7 Å². The minimum absolute atomic E-state index is 0.0160. The first-order valence-corrected chi connectivity index (χ1v) is 11.7. The highest BCUT2D eigenvalue weighted by Crippen LogP contribution is 2.28. The fourth-order valence-electron chi connectivity index (χ4n) is 4.31. The second kappa shape index (κ2) is 11.1. The summed E-state index contributed by atoms with van der Waals surface area (Å²) >= 11 is 0. The lowest BCUT2D eigenvalue weighted by Gasteiger charge is -2.32. The van der Waals surface area contributed by atoms with Gasteiger partial charge >= 0.3 is 0 Å². The number of hydrogen-bond donors (Lipinski definition) is 0. The first-order chi connectivity index (χ1) is 17.1. The van der Waals surface area contributed by atoms with Gasteiger partial charge in [0.15, 0.2) is 0 Å². The van der Waals surface area contributed by atoms with Gasteiger partial charge in [-0.05, 0) is 49.2 Å². The van der Waals surface area contributed by atoms with E-state index in [9.17, 15) is 14.0 Å². The molecule has 0 radical (unpaired) electrons. The van der Waals surface area contributed by atoms with Crippen molar-refractivity contribution in [3.63, 3.8) is 0 Å². The molecule has 180 valence electrons. The van der Waals surface area contributed by atoms with Crippen LogP contribution in [0.5, 0.6) is 0 Å². The number of rotatable bonds is 9. The molecule has 1 heterocycles. The van der Waals surface area contributed by atoms with Crippen molar-refractivity contribution in [1.29, 1.82) is 0 Å². The molecule has 0 bridgehead atoms. The average Bonchev–Trinajstić information content (AvgIpc) is 2.89. The van der Waals surface area contributed by atoms with Gasteiger partial charge in [0.1, 0.15) is 11.6 Å². The van der Waals surface area contributed by atoms with Crippen LogP contribution in [0.1, 0.15) is 42.0 Å². The topological polar surface area (TPSA) is 64.4 Å². The highest BCUT2D eigenvalue weighted by Gasteiger charge is 2.30. The fourth-order valence-corrected chi connectivity index (χ4v) is 4.31. The van der Waals surface area contributed by atoms with Crippen molar-refractivity contribution in [2.24, 2.45) is 0 Å². The first kappa shape index (κ1) is 24.3. The lowest BCUT2D eigenvalue weighted by atomic mass is 10.1. The summed E-state index contributed by atoms with van der Waals surface area (Å²) < 4.78 is 21.4. The molecule has 0 saturated heterocycles. The molecular weight excluding hydrogens is 445 g/mol. The van der Waals surface area contributed by atoms with Gasteiger partial charge in [0.2, 0.25) is 0 Å². The van der Waals surface area contributed by atoms with Crippen molar-refractivity contribution in [1.82, 2.24) is 14.5 Å². The molecule has 1 aromatic heterocycles. The summed E-state index contributed by atoms with van der Waals surface area (Å²) in [6.07, 6.45) is 1.03. The molecule has 4 aromatic rings. The van der Waals surface area contributed by atoms with Crippen LogP contribution in [0.4, 0.5) is 4.39 Å². The van der Waals surface area contributed by atoms with Crippen LogP contribution in [0.25, 0.3) is 16.6 Å². The van der Waals surface area contributed by atoms with Crippen molar-refractivity contribution < 1.29 is 13.9 Å². The van der Waals surface area contributed by atoms with Crippen LogP contribution in [-0.4, -0.2) is 40.6 Å². The molecule has 0 aliphatic carbocycles. The molecule has 0 N–H and O–H groups in total. The summed E-state index contributed by atoms with van der Waals surface area (Å²) in [5, 5.41) is 0.487. The quantitative estimate of drug-likeness (QED) is 0.315. The number of methoxy groups -OCH3 is 1. The van der Waals surface area contributed by atoms with Crippen LogP contribution < -0.4 is 5.56 Å². The van der Waals surface area contributed by atoms with E-state index in [1.54, 1.807) is 46.9 Å². The third-order valence-corrected chi connectivity index (χ3v) is 5.99. The number of aromatic nitrogens is 2. The maximum Gasteiger partial charge on any atom is 0.266 e. The van der Waals surface area contributed by atoms with Gasteiger partial charge in [0.25, 0.3) is 11.5 Å². The zero-order valence-corrected chi connectivity index (χ0v) is 19.9. The van der Waals surface area contributed by atoms with E-state index in [0.29, 0.717) is 48.4 Å². The molecule has 7 heteroatoms. The normalized spacial score (nSPS) is 12.0. The minimum Gasteiger partial charge on any atom is -0.385 e. The molecule has 0 spiro atoms. The molecule has 35 heavy (non-hydrogen) atoms. The van der Waals surface area contributed by atoms with E-state index in [2.05, 4.69) is 0 Å². The number of halogens is 1. The Morgan fingerprint density at radius 3 is 2.43 bits per heavy atom. The Hall–Kier alpha value is -3.84. The van der Waals surface area contributed by atoms with Crippen molar-refractivity contribution >= 4 is 16.8 Å². The molecule has 4 rings (SSSR count). The van der Waals surface area contributed by atoms with E-state index < -0.39 is 17.8 Å². The molecular formula is C28H28FN3O3. The van der Waals surface area contributed by atoms with Gasteiger partial charge in [-0.25, -0.2) is 9.37 Å². The zero-order chi connectivity index (χ0) is 24.8. The number of ether oxygens (including phenoxy) is 1. The fraction of sp³-hybridized carbons (Fsp3) is 0.250. The van der Waals surface area contributed by atoms with Crippen molar-refractivity contribution in [2.75, 3.05) is 20.3 Å². The molecule has 0 fully saturated rings. The zero-order valence-electron chi connectivity index (χ0n) is 19.9. The number of carbonyl (C=O) groups excluding carboxylic acids is 1. The predicted octanol–water partition coefficient (Wildman–Crippen LogP) is 5.15. The Balaban J connectivity index is 1.92. The second-order valence-electron chi connectivity index (χ2n) is 8.21. The van der Waals surface area contributed by atoms with Crippen molar-refractivity contribution in [3.05, 3.63) is 106 Å². The van der Waals surface area contributed by atoms with Gasteiger partial charge in [-0.2, -0.15) is 0 Å².